The van der Waals surface area contributed by atoms with Crippen LogP contribution in [0.3, 0.4) is 0 Å². The van der Waals surface area contributed by atoms with Crippen LogP contribution in [0.2, 0.25) is 0 Å². The molecule has 0 rings (SSSR count). The van der Waals surface area contributed by atoms with Crippen molar-refractivity contribution in [3.63, 3.8) is 0 Å². The van der Waals surface area contributed by atoms with E-state index in [-0.39, 0.29) is 37.5 Å². The molecule has 0 aliphatic rings. The predicted octanol–water partition coefficient (Wildman–Crippen LogP) is 18.4. The molecule has 0 aromatic heterocycles. The second-order valence-corrected chi connectivity index (χ2v) is 18.1. The highest BCUT2D eigenvalue weighted by molar-refractivity contribution is 5.71. The zero-order valence-corrected chi connectivity index (χ0v) is 43.2. The lowest BCUT2D eigenvalue weighted by Crippen LogP contribution is -2.30. The van der Waals surface area contributed by atoms with E-state index in [9.17, 15) is 14.4 Å². The zero-order chi connectivity index (χ0) is 47.9. The number of carbonyl (C=O) groups is 3. The second-order valence-electron chi connectivity index (χ2n) is 18.1. The van der Waals surface area contributed by atoms with Crippen molar-refractivity contribution in [1.29, 1.82) is 0 Å². The number of allylic oxidation sites excluding steroid dienone is 14. The highest BCUT2D eigenvalue weighted by Crippen LogP contribution is 2.14. The van der Waals surface area contributed by atoms with E-state index in [1.165, 1.54) is 135 Å². The Balaban J connectivity index is 4.45. The molecule has 0 aromatic carbocycles. The molecule has 0 spiro atoms. The van der Waals surface area contributed by atoms with E-state index in [1.54, 1.807) is 0 Å². The van der Waals surface area contributed by atoms with E-state index in [2.05, 4.69) is 99.8 Å². The van der Waals surface area contributed by atoms with Crippen LogP contribution in [0.1, 0.15) is 258 Å². The van der Waals surface area contributed by atoms with Gasteiger partial charge in [-0.15, -0.1) is 0 Å². The Morgan fingerprint density at radius 2 is 0.621 bits per heavy atom. The van der Waals surface area contributed by atoms with Gasteiger partial charge in [0.05, 0.1) is 0 Å². The molecule has 0 aliphatic carbocycles. The van der Waals surface area contributed by atoms with Gasteiger partial charge in [-0.05, 0) is 103 Å². The Kier molecular flexibility index (Phi) is 51.4. The molecule has 0 amide bonds. The minimum atomic E-state index is -0.811. The first-order chi connectivity index (χ1) is 32.5. The number of rotatable bonds is 49. The third-order valence-corrected chi connectivity index (χ3v) is 11.6. The van der Waals surface area contributed by atoms with Gasteiger partial charge in [0.25, 0.3) is 0 Å². The van der Waals surface area contributed by atoms with Crippen molar-refractivity contribution in [2.45, 2.75) is 264 Å². The van der Waals surface area contributed by atoms with E-state index < -0.39 is 6.10 Å². The average molecular weight is 919 g/mol. The van der Waals surface area contributed by atoms with E-state index in [4.69, 9.17) is 14.2 Å². The van der Waals surface area contributed by atoms with Gasteiger partial charge in [-0.3, -0.25) is 14.4 Å². The quantitative estimate of drug-likeness (QED) is 0.0262. The summed E-state index contributed by atoms with van der Waals surface area (Å²) in [4.78, 5) is 38.0. The van der Waals surface area contributed by atoms with E-state index in [1.807, 2.05) is 6.08 Å². The molecule has 378 valence electrons. The minimum absolute atomic E-state index is 0.104. The zero-order valence-electron chi connectivity index (χ0n) is 43.2. The first kappa shape index (κ1) is 62.6. The Morgan fingerprint density at radius 3 is 1.06 bits per heavy atom. The molecule has 6 heteroatoms. The lowest BCUT2D eigenvalue weighted by Gasteiger charge is -2.18. The third-order valence-electron chi connectivity index (χ3n) is 11.6. The molecule has 0 N–H and O–H groups in total. The van der Waals surface area contributed by atoms with Gasteiger partial charge >= 0.3 is 17.9 Å². The van der Waals surface area contributed by atoms with Gasteiger partial charge in [-0.1, -0.05) is 221 Å². The Bertz CT molecular complexity index is 1290. The van der Waals surface area contributed by atoms with Crippen LogP contribution < -0.4 is 0 Å². The highest BCUT2D eigenvalue weighted by atomic mass is 16.6. The molecule has 0 heterocycles. The fourth-order valence-corrected chi connectivity index (χ4v) is 7.48. The van der Waals surface area contributed by atoms with Crippen LogP contribution in [0.4, 0.5) is 0 Å². The van der Waals surface area contributed by atoms with E-state index in [0.717, 1.165) is 77.0 Å². The Morgan fingerprint density at radius 1 is 0.318 bits per heavy atom. The Labute approximate surface area is 407 Å². The Hall–Kier alpha value is -3.41. The largest absolute Gasteiger partial charge is 0.462 e. The lowest BCUT2D eigenvalue weighted by molar-refractivity contribution is -0.166. The van der Waals surface area contributed by atoms with E-state index in [0.29, 0.717) is 19.3 Å². The molecule has 0 aliphatic heterocycles. The van der Waals surface area contributed by atoms with Crippen molar-refractivity contribution >= 4 is 17.9 Å². The average Bonchev–Trinajstić information content (AvgIpc) is 3.31. The third kappa shape index (κ3) is 51.6. The molecule has 66 heavy (non-hydrogen) atoms. The fraction of sp³-hybridized carbons (Fsp3) is 0.717. The van der Waals surface area contributed by atoms with Crippen molar-refractivity contribution in [3.05, 3.63) is 85.1 Å². The number of ether oxygens (including phenoxy) is 3. The van der Waals surface area contributed by atoms with Crippen LogP contribution in [-0.2, 0) is 28.6 Å². The van der Waals surface area contributed by atoms with Crippen molar-refractivity contribution in [3.8, 4) is 0 Å². The molecule has 1 unspecified atom stereocenters. The predicted molar refractivity (Wildman–Crippen MR) is 284 cm³/mol. The maximum Gasteiger partial charge on any atom is 0.306 e. The van der Waals surface area contributed by atoms with Gasteiger partial charge < -0.3 is 14.2 Å². The summed E-state index contributed by atoms with van der Waals surface area (Å²) >= 11 is 0. The summed E-state index contributed by atoms with van der Waals surface area (Å²) in [5, 5.41) is 0. The van der Waals surface area contributed by atoms with Gasteiger partial charge in [0, 0.05) is 19.3 Å². The first-order valence-electron chi connectivity index (χ1n) is 27.6. The molecule has 0 bridgehead atoms. The minimum Gasteiger partial charge on any atom is -0.462 e. The maximum atomic E-state index is 12.8. The van der Waals surface area contributed by atoms with Gasteiger partial charge in [0.2, 0.25) is 0 Å². The molecule has 0 fully saturated rings. The van der Waals surface area contributed by atoms with Crippen LogP contribution in [0.5, 0.6) is 0 Å². The number of hydrogen-bond acceptors (Lipinski definition) is 6. The topological polar surface area (TPSA) is 78.9 Å². The molecular weight excluding hydrogens is 817 g/mol. The van der Waals surface area contributed by atoms with Crippen LogP contribution in [0.25, 0.3) is 0 Å². The van der Waals surface area contributed by atoms with Crippen molar-refractivity contribution in [1.82, 2.24) is 0 Å². The molecule has 1 atom stereocenters. The summed E-state index contributed by atoms with van der Waals surface area (Å²) in [6.07, 6.45) is 70.1. The van der Waals surface area contributed by atoms with Crippen LogP contribution in [-0.4, -0.2) is 37.2 Å². The van der Waals surface area contributed by atoms with Crippen LogP contribution in [0.15, 0.2) is 85.1 Å². The standard InChI is InChI=1S/C60H102O6/c1-4-7-10-13-16-19-22-25-27-29-31-32-35-38-41-44-47-50-53-59(62)65-56-57(55-64-58(61)52-49-46-43-40-37-34-24-21-18-15-12-9-6-3)66-60(63)54-51-48-45-42-39-36-33-30-28-26-23-20-17-14-11-8-5-2/h9,12,17-18,20-21,26-29,34,37,43,46,57H,4-8,10-11,13-16,19,22-25,30-33,35-36,38-42,44-45,47-56H2,1-3H3/b12-9-,20-17-,21-18-,28-26-,29-27-,37-34-,46-43-. The van der Waals surface area contributed by atoms with Crippen LogP contribution in [0, 0.1) is 0 Å². The van der Waals surface area contributed by atoms with Crippen molar-refractivity contribution < 1.29 is 28.6 Å². The van der Waals surface area contributed by atoms with Gasteiger partial charge in [-0.25, -0.2) is 0 Å². The summed E-state index contributed by atoms with van der Waals surface area (Å²) in [7, 11) is 0. The van der Waals surface area contributed by atoms with Gasteiger partial charge in [0.15, 0.2) is 6.10 Å². The molecule has 0 radical (unpaired) electrons. The maximum absolute atomic E-state index is 12.8. The molecule has 0 saturated heterocycles. The summed E-state index contributed by atoms with van der Waals surface area (Å²) in [5.74, 6) is -0.998. The smallest absolute Gasteiger partial charge is 0.306 e. The summed E-state index contributed by atoms with van der Waals surface area (Å²) in [6, 6.07) is 0. The number of esters is 3. The SMILES string of the molecule is CC/C=C\C/C=C\C/C=C\C/C=C\CCC(=O)OCC(COC(=O)CCCCCCCCC/C=C\CCCCCCCCC)OC(=O)CCCCCCCCC/C=C\C/C=C\CCCCC. The number of unbranched alkanes of at least 4 members (excludes halogenated alkanes) is 24. The molecule has 0 saturated carbocycles. The summed E-state index contributed by atoms with van der Waals surface area (Å²) < 4.78 is 16.8. The molecule has 6 nitrogen and oxygen atoms in total. The summed E-state index contributed by atoms with van der Waals surface area (Å²) in [5.41, 5.74) is 0. The van der Waals surface area contributed by atoms with Crippen LogP contribution >= 0.6 is 0 Å². The monoisotopic (exact) mass is 919 g/mol. The molecule has 0 aromatic rings. The van der Waals surface area contributed by atoms with Crippen molar-refractivity contribution in [2.75, 3.05) is 13.2 Å². The number of carbonyl (C=O) groups excluding carboxylic acids is 3. The van der Waals surface area contributed by atoms with E-state index >= 15 is 0 Å². The number of hydrogen-bond donors (Lipinski definition) is 0. The first-order valence-corrected chi connectivity index (χ1v) is 27.6. The van der Waals surface area contributed by atoms with Gasteiger partial charge in [-0.2, -0.15) is 0 Å². The second kappa shape index (κ2) is 54.2. The highest BCUT2D eigenvalue weighted by Gasteiger charge is 2.19. The fourth-order valence-electron chi connectivity index (χ4n) is 7.48. The van der Waals surface area contributed by atoms with Crippen molar-refractivity contribution in [2.24, 2.45) is 0 Å². The van der Waals surface area contributed by atoms with Gasteiger partial charge in [0.1, 0.15) is 13.2 Å². The summed E-state index contributed by atoms with van der Waals surface area (Å²) in [6.45, 7) is 6.43. The normalized spacial score (nSPS) is 12.7. The lowest BCUT2D eigenvalue weighted by atomic mass is 10.1. The molecular formula is C60H102O6.